The number of anilines is 1. The molecule has 5 heteroatoms. The molecule has 0 bridgehead atoms. The number of benzene rings is 2. The van der Waals surface area contributed by atoms with Gasteiger partial charge < -0.3 is 16.0 Å². The molecule has 0 heterocycles. The van der Waals surface area contributed by atoms with Crippen LogP contribution >= 0.6 is 0 Å². The number of carbonyl (C=O) groups is 2. The van der Waals surface area contributed by atoms with Gasteiger partial charge in [0, 0.05) is 12.7 Å². The average Bonchev–Trinajstić information content (AvgIpc) is 2.53. The molecule has 1 atom stereocenters. The Bertz CT molecular complexity index is 599. The van der Waals surface area contributed by atoms with Gasteiger partial charge in [-0.25, -0.2) is 4.79 Å². The third-order valence-corrected chi connectivity index (χ3v) is 2.95. The van der Waals surface area contributed by atoms with E-state index >= 15 is 0 Å². The first-order chi connectivity index (χ1) is 10.2. The van der Waals surface area contributed by atoms with Crippen molar-refractivity contribution in [3.05, 3.63) is 66.2 Å². The summed E-state index contributed by atoms with van der Waals surface area (Å²) in [5.74, 6) is -0.274. The normalized spacial score (nSPS) is 11.3. The molecule has 3 N–H and O–H groups in total. The number of amides is 3. The summed E-state index contributed by atoms with van der Waals surface area (Å²) in [5.41, 5.74) is 1.39. The summed E-state index contributed by atoms with van der Waals surface area (Å²) in [6.45, 7) is 0. The van der Waals surface area contributed by atoms with Crippen molar-refractivity contribution in [1.82, 2.24) is 10.6 Å². The van der Waals surface area contributed by atoms with Crippen LogP contribution in [0.25, 0.3) is 0 Å². The van der Waals surface area contributed by atoms with E-state index in [4.69, 9.17) is 0 Å². The number of rotatable bonds is 4. The van der Waals surface area contributed by atoms with Crippen molar-refractivity contribution in [3.63, 3.8) is 0 Å². The number of likely N-dealkylation sites (N-methyl/N-ethyl adjacent to an activating group) is 1. The molecule has 0 aliphatic carbocycles. The maximum absolute atomic E-state index is 12.0. The highest BCUT2D eigenvalue weighted by Crippen LogP contribution is 2.13. The van der Waals surface area contributed by atoms with Crippen LogP contribution in [-0.2, 0) is 4.79 Å². The van der Waals surface area contributed by atoms with E-state index in [0.29, 0.717) is 5.69 Å². The molecule has 0 radical (unpaired) electrons. The molecule has 2 rings (SSSR count). The number of hydrogen-bond acceptors (Lipinski definition) is 2. The fourth-order valence-corrected chi connectivity index (χ4v) is 1.91. The first-order valence-electron chi connectivity index (χ1n) is 6.60. The van der Waals surface area contributed by atoms with Gasteiger partial charge in [0.15, 0.2) is 0 Å². The zero-order valence-corrected chi connectivity index (χ0v) is 11.7. The van der Waals surface area contributed by atoms with E-state index in [1.165, 1.54) is 7.05 Å². The zero-order valence-electron chi connectivity index (χ0n) is 11.7. The molecule has 0 aliphatic rings. The minimum Gasteiger partial charge on any atom is -0.357 e. The SMILES string of the molecule is CNC(=O)[C@H](NC(=O)Nc1ccccc1)c1ccccc1. The van der Waals surface area contributed by atoms with Gasteiger partial charge in [-0.05, 0) is 17.7 Å². The zero-order chi connectivity index (χ0) is 15.1. The monoisotopic (exact) mass is 283 g/mol. The number of para-hydroxylation sites is 1. The second-order valence-electron chi connectivity index (χ2n) is 4.42. The number of urea groups is 1. The molecule has 2 aromatic rings. The number of hydrogen-bond donors (Lipinski definition) is 3. The maximum Gasteiger partial charge on any atom is 0.320 e. The van der Waals surface area contributed by atoms with Crippen molar-refractivity contribution in [3.8, 4) is 0 Å². The first kappa shape index (κ1) is 14.6. The summed E-state index contributed by atoms with van der Waals surface area (Å²) in [4.78, 5) is 24.0. The van der Waals surface area contributed by atoms with E-state index < -0.39 is 12.1 Å². The molecule has 0 aromatic heterocycles. The lowest BCUT2D eigenvalue weighted by atomic mass is 10.1. The van der Waals surface area contributed by atoms with Gasteiger partial charge in [0.25, 0.3) is 0 Å². The van der Waals surface area contributed by atoms with Gasteiger partial charge in [0.05, 0.1) is 0 Å². The van der Waals surface area contributed by atoms with E-state index in [-0.39, 0.29) is 5.91 Å². The third kappa shape index (κ3) is 4.07. The summed E-state index contributed by atoms with van der Waals surface area (Å²) in [7, 11) is 1.54. The van der Waals surface area contributed by atoms with Crippen molar-refractivity contribution in [2.75, 3.05) is 12.4 Å². The molecule has 0 spiro atoms. The van der Waals surface area contributed by atoms with Gasteiger partial charge in [-0.3, -0.25) is 4.79 Å². The summed E-state index contributed by atoms with van der Waals surface area (Å²) < 4.78 is 0. The highest BCUT2D eigenvalue weighted by molar-refractivity contribution is 5.94. The van der Waals surface area contributed by atoms with Gasteiger partial charge >= 0.3 is 6.03 Å². The standard InChI is InChI=1S/C16H17N3O2/c1-17-15(20)14(12-8-4-2-5-9-12)19-16(21)18-13-10-6-3-7-11-13/h2-11,14H,1H3,(H,17,20)(H2,18,19,21)/t14-/m1/s1. The average molecular weight is 283 g/mol. The second kappa shape index (κ2) is 7.09. The van der Waals surface area contributed by atoms with Gasteiger partial charge in [-0.15, -0.1) is 0 Å². The Kier molecular flexibility index (Phi) is 4.93. The molecule has 21 heavy (non-hydrogen) atoms. The quantitative estimate of drug-likeness (QED) is 0.805. The van der Waals surface area contributed by atoms with Crippen molar-refractivity contribution >= 4 is 17.6 Å². The largest absolute Gasteiger partial charge is 0.357 e. The molecule has 0 saturated heterocycles. The van der Waals surface area contributed by atoms with Crippen molar-refractivity contribution in [2.45, 2.75) is 6.04 Å². The van der Waals surface area contributed by atoms with Crippen molar-refractivity contribution in [1.29, 1.82) is 0 Å². The van der Waals surface area contributed by atoms with E-state index in [9.17, 15) is 9.59 Å². The smallest absolute Gasteiger partial charge is 0.320 e. The summed E-state index contributed by atoms with van der Waals surface area (Å²) >= 11 is 0. The summed E-state index contributed by atoms with van der Waals surface area (Å²) in [5, 5.41) is 7.91. The molecule has 0 fully saturated rings. The summed E-state index contributed by atoms with van der Waals surface area (Å²) in [6.07, 6.45) is 0. The lowest BCUT2D eigenvalue weighted by Gasteiger charge is -2.18. The predicted molar refractivity (Wildman–Crippen MR) is 81.8 cm³/mol. The minimum absolute atomic E-state index is 0.274. The lowest BCUT2D eigenvalue weighted by Crippen LogP contribution is -2.41. The number of carbonyl (C=O) groups excluding carboxylic acids is 2. The van der Waals surface area contributed by atoms with Crippen LogP contribution in [-0.4, -0.2) is 19.0 Å². The molecular formula is C16H17N3O2. The van der Waals surface area contributed by atoms with Crippen LogP contribution in [0.5, 0.6) is 0 Å². The molecule has 108 valence electrons. The molecule has 3 amide bonds. The van der Waals surface area contributed by atoms with Gasteiger partial charge in [0.1, 0.15) is 6.04 Å². The van der Waals surface area contributed by atoms with Gasteiger partial charge in [-0.2, -0.15) is 0 Å². The predicted octanol–water partition coefficient (Wildman–Crippen LogP) is 2.30. The Hall–Kier alpha value is -2.82. The fraction of sp³-hybridized carbons (Fsp3) is 0.125. The Balaban J connectivity index is 2.09. The van der Waals surface area contributed by atoms with Crippen LogP contribution in [0.3, 0.4) is 0 Å². The Morgan fingerprint density at radius 3 is 2.05 bits per heavy atom. The van der Waals surface area contributed by atoms with Crippen molar-refractivity contribution < 1.29 is 9.59 Å². The Morgan fingerprint density at radius 2 is 1.48 bits per heavy atom. The third-order valence-electron chi connectivity index (χ3n) is 2.95. The van der Waals surface area contributed by atoms with Crippen LogP contribution in [0.15, 0.2) is 60.7 Å². The van der Waals surface area contributed by atoms with Crippen LogP contribution in [0, 0.1) is 0 Å². The van der Waals surface area contributed by atoms with E-state index in [0.717, 1.165) is 5.56 Å². The maximum atomic E-state index is 12.0. The Labute approximate surface area is 123 Å². The first-order valence-corrected chi connectivity index (χ1v) is 6.60. The second-order valence-corrected chi connectivity index (χ2v) is 4.42. The molecule has 0 unspecified atom stereocenters. The lowest BCUT2D eigenvalue weighted by molar-refractivity contribution is -0.122. The van der Waals surface area contributed by atoms with E-state index in [1.54, 1.807) is 24.3 Å². The molecule has 0 saturated carbocycles. The highest BCUT2D eigenvalue weighted by atomic mass is 16.2. The van der Waals surface area contributed by atoms with E-state index in [2.05, 4.69) is 16.0 Å². The van der Waals surface area contributed by atoms with Crippen LogP contribution in [0.1, 0.15) is 11.6 Å². The molecule has 5 nitrogen and oxygen atoms in total. The van der Waals surface area contributed by atoms with E-state index in [1.807, 2.05) is 36.4 Å². The molecular weight excluding hydrogens is 266 g/mol. The topological polar surface area (TPSA) is 70.2 Å². The van der Waals surface area contributed by atoms with Crippen LogP contribution < -0.4 is 16.0 Å². The van der Waals surface area contributed by atoms with Crippen LogP contribution in [0.4, 0.5) is 10.5 Å². The highest BCUT2D eigenvalue weighted by Gasteiger charge is 2.21. The molecule has 0 aliphatic heterocycles. The fourth-order valence-electron chi connectivity index (χ4n) is 1.91. The van der Waals surface area contributed by atoms with Crippen molar-refractivity contribution in [2.24, 2.45) is 0 Å². The van der Waals surface area contributed by atoms with Crippen LogP contribution in [0.2, 0.25) is 0 Å². The minimum atomic E-state index is -0.736. The number of nitrogens with one attached hydrogen (secondary N) is 3. The Morgan fingerprint density at radius 1 is 0.905 bits per heavy atom. The van der Waals surface area contributed by atoms with Gasteiger partial charge in [0.2, 0.25) is 5.91 Å². The van der Waals surface area contributed by atoms with Gasteiger partial charge in [-0.1, -0.05) is 48.5 Å². The molecule has 2 aromatic carbocycles. The summed E-state index contributed by atoms with van der Waals surface area (Å²) in [6, 6.07) is 17.0.